The number of carbonyl (C=O) groups is 2. The number of aromatic nitrogens is 1. The number of rotatable bonds is 5. The third-order valence-corrected chi connectivity index (χ3v) is 3.99. The fourth-order valence-corrected chi connectivity index (χ4v) is 2.87. The summed E-state index contributed by atoms with van der Waals surface area (Å²) in [5.41, 5.74) is 0.371. The van der Waals surface area contributed by atoms with Crippen LogP contribution in [0.5, 0.6) is 0 Å². The third-order valence-electron chi connectivity index (χ3n) is 3.21. The van der Waals surface area contributed by atoms with Crippen LogP contribution < -0.4 is 5.32 Å². The number of carboxylic acid groups (broad SMARTS) is 1. The molecule has 116 valence electrons. The van der Waals surface area contributed by atoms with E-state index in [9.17, 15) is 9.59 Å². The number of hydrogen-bond donors (Lipinski definition) is 2. The Balaban J connectivity index is 1.81. The van der Waals surface area contributed by atoms with Gasteiger partial charge in [0.05, 0.1) is 18.8 Å². The Hall–Kier alpha value is -1.67. The van der Waals surface area contributed by atoms with Crippen molar-refractivity contribution in [3.8, 4) is 0 Å². The van der Waals surface area contributed by atoms with E-state index in [0.29, 0.717) is 24.1 Å². The van der Waals surface area contributed by atoms with Crippen LogP contribution in [0.2, 0.25) is 0 Å². The van der Waals surface area contributed by atoms with Gasteiger partial charge >= 0.3 is 12.0 Å². The van der Waals surface area contributed by atoms with Gasteiger partial charge in [0.2, 0.25) is 0 Å². The summed E-state index contributed by atoms with van der Waals surface area (Å²) < 4.78 is 5.26. The molecule has 0 spiro atoms. The number of hydrogen-bond acceptors (Lipinski definition) is 5. The number of carboxylic acids is 1. The maximum absolute atomic E-state index is 12.0. The van der Waals surface area contributed by atoms with E-state index < -0.39 is 11.6 Å². The van der Waals surface area contributed by atoms with Crippen molar-refractivity contribution in [2.75, 3.05) is 25.0 Å². The summed E-state index contributed by atoms with van der Waals surface area (Å²) in [7, 11) is 0. The number of amides is 2. The van der Waals surface area contributed by atoms with Crippen LogP contribution in [0.15, 0.2) is 5.38 Å². The highest BCUT2D eigenvalue weighted by Gasteiger charge is 2.43. The molecule has 0 saturated carbocycles. The molecule has 7 nitrogen and oxygen atoms in total. The number of ether oxygens (including phenoxy) is 1. The first kappa shape index (κ1) is 15.7. The third kappa shape index (κ3) is 3.92. The van der Waals surface area contributed by atoms with E-state index in [1.54, 1.807) is 11.8 Å². The highest BCUT2D eigenvalue weighted by atomic mass is 32.1. The van der Waals surface area contributed by atoms with Gasteiger partial charge < -0.3 is 14.7 Å². The molecule has 1 fully saturated rings. The minimum Gasteiger partial charge on any atom is -0.480 e. The lowest BCUT2D eigenvalue weighted by atomic mass is 9.97. The molecule has 21 heavy (non-hydrogen) atoms. The van der Waals surface area contributed by atoms with Crippen molar-refractivity contribution >= 4 is 28.5 Å². The Bertz CT molecular complexity index is 537. The molecule has 8 heteroatoms. The zero-order valence-electron chi connectivity index (χ0n) is 12.3. The fraction of sp³-hybridized carbons (Fsp3) is 0.615. The number of nitrogens with zero attached hydrogens (tertiary/aromatic N) is 2. The van der Waals surface area contributed by atoms with E-state index in [1.807, 2.05) is 19.2 Å². The van der Waals surface area contributed by atoms with Gasteiger partial charge in [0.25, 0.3) is 0 Å². The molecule has 0 radical (unpaired) electrons. The Morgan fingerprint density at radius 1 is 1.57 bits per heavy atom. The van der Waals surface area contributed by atoms with Gasteiger partial charge in [-0.3, -0.25) is 5.32 Å². The first-order chi connectivity index (χ1) is 9.79. The molecule has 2 amide bonds. The average Bonchev–Trinajstić information content (AvgIpc) is 2.81. The van der Waals surface area contributed by atoms with Crippen molar-refractivity contribution in [3.05, 3.63) is 11.1 Å². The van der Waals surface area contributed by atoms with Gasteiger partial charge in [0, 0.05) is 5.38 Å². The molecule has 2 rings (SSSR count). The van der Waals surface area contributed by atoms with Crippen LogP contribution in [0.4, 0.5) is 9.93 Å². The molecule has 0 bridgehead atoms. The molecular formula is C13H19N3O4S. The van der Waals surface area contributed by atoms with Gasteiger partial charge in [0.1, 0.15) is 12.2 Å². The number of thiazole rings is 1. The van der Waals surface area contributed by atoms with Crippen LogP contribution in [0.25, 0.3) is 0 Å². The molecule has 0 unspecified atom stereocenters. The van der Waals surface area contributed by atoms with Crippen molar-refractivity contribution in [2.45, 2.75) is 32.3 Å². The Morgan fingerprint density at radius 3 is 2.76 bits per heavy atom. The van der Waals surface area contributed by atoms with E-state index >= 15 is 0 Å². The van der Waals surface area contributed by atoms with Gasteiger partial charge in [-0.15, -0.1) is 11.3 Å². The maximum Gasteiger partial charge on any atom is 0.329 e. The molecule has 2 heterocycles. The van der Waals surface area contributed by atoms with Gasteiger partial charge in [0.15, 0.2) is 5.13 Å². The average molecular weight is 313 g/mol. The lowest BCUT2D eigenvalue weighted by Crippen LogP contribution is -2.64. The van der Waals surface area contributed by atoms with E-state index in [0.717, 1.165) is 5.69 Å². The minimum absolute atomic E-state index is 0.240. The van der Waals surface area contributed by atoms with Crippen molar-refractivity contribution in [2.24, 2.45) is 0 Å². The number of carbonyl (C=O) groups excluding carboxylic acids is 1. The number of aliphatic carboxylic acids is 1. The molecule has 1 aromatic heterocycles. The van der Waals surface area contributed by atoms with Crippen LogP contribution in [0, 0.1) is 0 Å². The van der Waals surface area contributed by atoms with Gasteiger partial charge in [-0.25, -0.2) is 14.6 Å². The standard InChI is InChI=1S/C13H19N3O4S/c1-8(2)9-5-21-11(14-9)15-12(19)16-6-13(3,7-16)20-4-10(17)18/h5,8H,4,6-7H2,1-3H3,(H,17,18)(H,14,15,19). The van der Waals surface area contributed by atoms with Crippen LogP contribution in [-0.2, 0) is 9.53 Å². The molecular weight excluding hydrogens is 294 g/mol. The lowest BCUT2D eigenvalue weighted by molar-refractivity contribution is -0.159. The molecule has 0 aliphatic carbocycles. The quantitative estimate of drug-likeness (QED) is 0.867. The smallest absolute Gasteiger partial charge is 0.329 e. The highest BCUT2D eigenvalue weighted by Crippen LogP contribution is 2.26. The van der Waals surface area contributed by atoms with Crippen LogP contribution >= 0.6 is 11.3 Å². The summed E-state index contributed by atoms with van der Waals surface area (Å²) in [6, 6.07) is -0.240. The summed E-state index contributed by atoms with van der Waals surface area (Å²) >= 11 is 1.39. The van der Waals surface area contributed by atoms with E-state index in [-0.39, 0.29) is 12.6 Å². The van der Waals surface area contributed by atoms with E-state index in [4.69, 9.17) is 9.84 Å². The number of anilines is 1. The zero-order valence-corrected chi connectivity index (χ0v) is 13.1. The molecule has 0 aromatic carbocycles. The largest absolute Gasteiger partial charge is 0.480 e. The Kier molecular flexibility index (Phi) is 4.48. The van der Waals surface area contributed by atoms with E-state index in [2.05, 4.69) is 10.3 Å². The zero-order chi connectivity index (χ0) is 15.6. The summed E-state index contributed by atoms with van der Waals surface area (Å²) in [6.45, 7) is 6.27. The molecule has 0 atom stereocenters. The second kappa shape index (κ2) is 5.98. The first-order valence-electron chi connectivity index (χ1n) is 6.66. The van der Waals surface area contributed by atoms with Crippen LogP contribution in [-0.4, -0.2) is 52.3 Å². The minimum atomic E-state index is -1.01. The van der Waals surface area contributed by atoms with Crippen LogP contribution in [0.1, 0.15) is 32.4 Å². The predicted molar refractivity (Wildman–Crippen MR) is 78.8 cm³/mol. The van der Waals surface area contributed by atoms with E-state index in [1.165, 1.54) is 11.3 Å². The molecule has 1 aromatic rings. The van der Waals surface area contributed by atoms with Gasteiger partial charge in [-0.2, -0.15) is 0 Å². The normalized spacial score (nSPS) is 16.7. The van der Waals surface area contributed by atoms with Crippen molar-refractivity contribution < 1.29 is 19.4 Å². The summed E-state index contributed by atoms with van der Waals surface area (Å²) in [5, 5.41) is 13.8. The topological polar surface area (TPSA) is 91.8 Å². The van der Waals surface area contributed by atoms with Gasteiger partial charge in [-0.1, -0.05) is 13.8 Å². The van der Waals surface area contributed by atoms with Crippen molar-refractivity contribution in [3.63, 3.8) is 0 Å². The lowest BCUT2D eigenvalue weighted by Gasteiger charge is -2.46. The molecule has 2 N–H and O–H groups in total. The highest BCUT2D eigenvalue weighted by molar-refractivity contribution is 7.13. The van der Waals surface area contributed by atoms with Crippen molar-refractivity contribution in [1.29, 1.82) is 0 Å². The summed E-state index contributed by atoms with van der Waals surface area (Å²) in [6.07, 6.45) is 0. The van der Waals surface area contributed by atoms with Crippen molar-refractivity contribution in [1.82, 2.24) is 9.88 Å². The predicted octanol–water partition coefficient (Wildman–Crippen LogP) is 1.97. The maximum atomic E-state index is 12.0. The molecule has 1 saturated heterocycles. The Morgan fingerprint density at radius 2 is 2.24 bits per heavy atom. The number of urea groups is 1. The molecule has 1 aliphatic heterocycles. The van der Waals surface area contributed by atoms with Gasteiger partial charge in [-0.05, 0) is 12.8 Å². The number of likely N-dealkylation sites (tertiary alicyclic amines) is 1. The second-order valence-electron chi connectivity index (χ2n) is 5.65. The molecule has 1 aliphatic rings. The fourth-order valence-electron chi connectivity index (χ4n) is 2.01. The summed E-state index contributed by atoms with van der Waals surface area (Å²) in [4.78, 5) is 28.4. The Labute approximate surface area is 126 Å². The van der Waals surface area contributed by atoms with Crippen LogP contribution in [0.3, 0.4) is 0 Å². The summed E-state index contributed by atoms with van der Waals surface area (Å²) in [5.74, 6) is -0.688. The monoisotopic (exact) mass is 313 g/mol. The second-order valence-corrected chi connectivity index (χ2v) is 6.51. The SMILES string of the molecule is CC(C)c1csc(NC(=O)N2CC(C)(OCC(=O)O)C2)n1. The first-order valence-corrected chi connectivity index (χ1v) is 7.54. The number of nitrogens with one attached hydrogen (secondary N) is 1.